The van der Waals surface area contributed by atoms with Gasteiger partial charge in [0.2, 0.25) is 0 Å². The molecule has 0 N–H and O–H groups in total. The summed E-state index contributed by atoms with van der Waals surface area (Å²) in [5.41, 5.74) is -1.22. The molecule has 0 aliphatic carbocycles. The van der Waals surface area contributed by atoms with Crippen LogP contribution in [0.5, 0.6) is 0 Å². The lowest BCUT2D eigenvalue weighted by atomic mass is 10.3. The van der Waals surface area contributed by atoms with E-state index in [1.807, 2.05) is 0 Å². The molecule has 13 heavy (non-hydrogen) atoms. The second-order valence-corrected chi connectivity index (χ2v) is 2.18. The van der Waals surface area contributed by atoms with Gasteiger partial charge in [-0.25, -0.2) is 14.0 Å². The predicted molar refractivity (Wildman–Crippen MR) is 40.9 cm³/mol. The number of rotatable bonds is 2. The maximum atomic E-state index is 12.9. The van der Waals surface area contributed by atoms with E-state index in [1.165, 1.54) is 0 Å². The summed E-state index contributed by atoms with van der Waals surface area (Å²) < 4.78 is 21.7. The molecule has 0 fully saturated rings. The fourth-order valence-corrected chi connectivity index (χ4v) is 0.743. The molecule has 0 amide bonds. The van der Waals surface area contributed by atoms with E-state index in [1.54, 1.807) is 6.92 Å². The maximum Gasteiger partial charge on any atom is 0.344 e. The van der Waals surface area contributed by atoms with Crippen molar-refractivity contribution in [3.8, 4) is 0 Å². The molecule has 1 aromatic rings. The number of hydrogen-bond donors (Lipinski definition) is 0. The van der Waals surface area contributed by atoms with E-state index in [9.17, 15) is 14.0 Å². The number of carbonyl (C=O) groups excluding carboxylic acids is 1. The molecular weight excluding hydrogens is 179 g/mol. The number of carbonyl (C=O) groups is 1. The van der Waals surface area contributed by atoms with Crippen LogP contribution < -0.4 is 5.63 Å². The second kappa shape index (κ2) is 3.84. The van der Waals surface area contributed by atoms with Crippen molar-refractivity contribution in [1.82, 2.24) is 0 Å². The summed E-state index contributed by atoms with van der Waals surface area (Å²) in [6.45, 7) is 1.73. The third-order valence-electron chi connectivity index (χ3n) is 1.29. The first-order valence-electron chi connectivity index (χ1n) is 3.60. The van der Waals surface area contributed by atoms with Crippen LogP contribution in [0.25, 0.3) is 0 Å². The van der Waals surface area contributed by atoms with Crippen molar-refractivity contribution in [2.24, 2.45) is 0 Å². The molecule has 4 nitrogen and oxygen atoms in total. The Morgan fingerprint density at radius 2 is 2.38 bits per heavy atom. The van der Waals surface area contributed by atoms with Gasteiger partial charge in [-0.3, -0.25) is 0 Å². The van der Waals surface area contributed by atoms with Crippen LogP contribution in [0.15, 0.2) is 21.5 Å². The van der Waals surface area contributed by atoms with Gasteiger partial charge in [-0.2, -0.15) is 0 Å². The third kappa shape index (κ3) is 2.14. The van der Waals surface area contributed by atoms with Gasteiger partial charge < -0.3 is 9.15 Å². The Kier molecular flexibility index (Phi) is 2.79. The summed E-state index contributed by atoms with van der Waals surface area (Å²) in [6.07, 6.45) is 0.746. The van der Waals surface area contributed by atoms with Crippen LogP contribution >= 0.6 is 0 Å². The van der Waals surface area contributed by atoms with E-state index in [0.717, 1.165) is 6.26 Å². The first kappa shape index (κ1) is 9.44. The van der Waals surface area contributed by atoms with Gasteiger partial charge in [0.1, 0.15) is 17.6 Å². The van der Waals surface area contributed by atoms with Crippen molar-refractivity contribution in [3.05, 3.63) is 34.1 Å². The van der Waals surface area contributed by atoms with Gasteiger partial charge in [-0.05, 0) is 6.92 Å². The van der Waals surface area contributed by atoms with Gasteiger partial charge in [0.25, 0.3) is 0 Å². The number of ether oxygens (including phenoxy) is 1. The van der Waals surface area contributed by atoms with Crippen molar-refractivity contribution in [2.45, 2.75) is 6.92 Å². The number of halogens is 1. The first-order valence-corrected chi connectivity index (χ1v) is 3.60. The summed E-state index contributed by atoms with van der Waals surface area (Å²) in [5.74, 6) is -1.78. The zero-order chi connectivity index (χ0) is 9.84. The van der Waals surface area contributed by atoms with Crippen molar-refractivity contribution in [3.63, 3.8) is 0 Å². The van der Waals surface area contributed by atoms with Crippen molar-refractivity contribution in [1.29, 1.82) is 0 Å². The molecule has 0 spiro atoms. The Labute approximate surface area is 72.9 Å². The summed E-state index contributed by atoms with van der Waals surface area (Å²) in [6, 6.07) is 0.590. The van der Waals surface area contributed by atoms with E-state index < -0.39 is 17.4 Å². The average molecular weight is 186 g/mol. The topological polar surface area (TPSA) is 56.5 Å². The van der Waals surface area contributed by atoms with Crippen LogP contribution in [-0.2, 0) is 4.74 Å². The zero-order valence-corrected chi connectivity index (χ0v) is 6.87. The lowest BCUT2D eigenvalue weighted by Gasteiger charge is -2.00. The predicted octanol–water partition coefficient (Wildman–Crippen LogP) is 0.956. The highest BCUT2D eigenvalue weighted by Crippen LogP contribution is 2.05. The van der Waals surface area contributed by atoms with Gasteiger partial charge in [0.05, 0.1) is 12.7 Å². The van der Waals surface area contributed by atoms with Crippen LogP contribution in [0.3, 0.4) is 0 Å². The summed E-state index contributed by atoms with van der Waals surface area (Å²) >= 11 is 0. The molecule has 5 heteroatoms. The fraction of sp³-hybridized carbons (Fsp3) is 0.250. The van der Waals surface area contributed by atoms with Crippen LogP contribution in [0, 0.1) is 5.82 Å². The van der Waals surface area contributed by atoms with Gasteiger partial charge in [-0.1, -0.05) is 0 Å². The van der Waals surface area contributed by atoms with Gasteiger partial charge in [-0.15, -0.1) is 0 Å². The van der Waals surface area contributed by atoms with Gasteiger partial charge in [0.15, 0.2) is 0 Å². The maximum absolute atomic E-state index is 12.9. The van der Waals surface area contributed by atoms with E-state index in [0.29, 0.717) is 6.07 Å². The molecule has 1 aromatic heterocycles. The molecule has 1 heterocycles. The van der Waals surface area contributed by atoms with Crippen LogP contribution in [0.1, 0.15) is 17.3 Å². The molecule has 0 unspecified atom stereocenters. The Morgan fingerprint density at radius 1 is 1.69 bits per heavy atom. The SMILES string of the molecule is CCOC(=O)c1coc(=O)cc1F. The van der Waals surface area contributed by atoms with Crippen LogP contribution in [0.4, 0.5) is 4.39 Å². The van der Waals surface area contributed by atoms with Gasteiger partial charge in [0, 0.05) is 0 Å². The molecule has 0 atom stereocenters. The largest absolute Gasteiger partial charge is 0.462 e. The first-order chi connectivity index (χ1) is 6.15. The Hall–Kier alpha value is -1.65. The van der Waals surface area contributed by atoms with E-state index in [4.69, 9.17) is 0 Å². The minimum absolute atomic E-state index is 0.136. The lowest BCUT2D eigenvalue weighted by molar-refractivity contribution is 0.0517. The minimum Gasteiger partial charge on any atom is -0.462 e. The van der Waals surface area contributed by atoms with Crippen molar-refractivity contribution in [2.75, 3.05) is 6.61 Å². The Bertz CT molecular complexity index is 369. The smallest absolute Gasteiger partial charge is 0.344 e. The van der Waals surface area contributed by atoms with E-state index in [-0.39, 0.29) is 12.2 Å². The monoisotopic (exact) mass is 186 g/mol. The Balaban J connectivity index is 3.02. The highest BCUT2D eigenvalue weighted by molar-refractivity contribution is 5.89. The molecule has 0 bridgehead atoms. The molecule has 0 aliphatic heterocycles. The second-order valence-electron chi connectivity index (χ2n) is 2.18. The van der Waals surface area contributed by atoms with Crippen molar-refractivity contribution < 1.29 is 18.3 Å². The molecule has 0 aromatic carbocycles. The van der Waals surface area contributed by atoms with Crippen molar-refractivity contribution >= 4 is 5.97 Å². The molecule has 0 aliphatic rings. The van der Waals surface area contributed by atoms with Crippen LogP contribution in [-0.4, -0.2) is 12.6 Å². The Morgan fingerprint density at radius 3 is 2.92 bits per heavy atom. The quantitative estimate of drug-likeness (QED) is 0.645. The van der Waals surface area contributed by atoms with E-state index in [2.05, 4.69) is 9.15 Å². The third-order valence-corrected chi connectivity index (χ3v) is 1.29. The highest BCUT2D eigenvalue weighted by Gasteiger charge is 2.13. The number of esters is 1. The standard InChI is InChI=1S/C8H7FO4/c1-2-12-8(11)5-4-13-7(10)3-6(5)9/h3-4H,2H2,1H3. The molecule has 0 saturated carbocycles. The summed E-state index contributed by atoms with van der Waals surface area (Å²) in [4.78, 5) is 21.4. The normalized spacial score (nSPS) is 9.69. The molecule has 0 saturated heterocycles. The summed E-state index contributed by atoms with van der Waals surface area (Å²) in [5, 5.41) is 0. The number of hydrogen-bond acceptors (Lipinski definition) is 4. The molecule has 70 valence electrons. The molecule has 1 rings (SSSR count). The zero-order valence-electron chi connectivity index (χ0n) is 6.87. The van der Waals surface area contributed by atoms with E-state index >= 15 is 0 Å². The average Bonchev–Trinajstić information content (AvgIpc) is 2.04. The van der Waals surface area contributed by atoms with Gasteiger partial charge >= 0.3 is 11.6 Å². The highest BCUT2D eigenvalue weighted by atomic mass is 19.1. The molecule has 0 radical (unpaired) electrons. The van der Waals surface area contributed by atoms with Crippen LogP contribution in [0.2, 0.25) is 0 Å². The minimum atomic E-state index is -0.935. The lowest BCUT2D eigenvalue weighted by Crippen LogP contribution is -2.10. The summed E-state index contributed by atoms with van der Waals surface area (Å²) in [7, 11) is 0. The molecular formula is C8H7FO4. The fourth-order valence-electron chi connectivity index (χ4n) is 0.743.